The fourth-order valence-electron chi connectivity index (χ4n) is 1.89. The minimum absolute atomic E-state index is 0.393. The van der Waals surface area contributed by atoms with Crippen molar-refractivity contribution in [3.05, 3.63) is 48.2 Å². The third kappa shape index (κ3) is 4.77. The largest absolute Gasteiger partial charge is 0.450 e. The first-order valence-corrected chi connectivity index (χ1v) is 7.40. The molecule has 0 fully saturated rings. The number of carbonyl (C=O) groups excluding carboxylic acids is 1. The Balaban J connectivity index is 1.86. The number of pyridine rings is 1. The van der Waals surface area contributed by atoms with Gasteiger partial charge in [0.2, 0.25) is 0 Å². The number of unbranched alkanes of at least 4 members (excludes halogenated alkanes) is 1. The summed E-state index contributed by atoms with van der Waals surface area (Å²) in [6, 6.07) is 11.4. The van der Waals surface area contributed by atoms with Crippen LogP contribution in [0, 0.1) is 0 Å². The summed E-state index contributed by atoms with van der Waals surface area (Å²) in [6.45, 7) is 2.91. The monoisotopic (exact) mass is 299 g/mol. The molecule has 2 rings (SSSR count). The molecule has 1 aromatic heterocycles. The van der Waals surface area contributed by atoms with Crippen molar-refractivity contribution in [2.45, 2.75) is 26.3 Å². The molecule has 2 aromatic rings. The second kappa shape index (κ2) is 8.02. The molecule has 1 amide bonds. The van der Waals surface area contributed by atoms with Crippen LogP contribution in [0.4, 0.5) is 10.5 Å². The number of benzene rings is 1. The molecule has 22 heavy (non-hydrogen) atoms. The Kier molecular flexibility index (Phi) is 5.77. The second-order valence-electron chi connectivity index (χ2n) is 5.02. The molecule has 0 saturated heterocycles. The van der Waals surface area contributed by atoms with Gasteiger partial charge < -0.3 is 15.8 Å². The maximum atomic E-state index is 11.4. The summed E-state index contributed by atoms with van der Waals surface area (Å²) in [5, 5.41) is 2.71. The van der Waals surface area contributed by atoms with Crippen LogP contribution in [0.1, 0.15) is 25.3 Å². The second-order valence-corrected chi connectivity index (χ2v) is 5.02. The van der Waals surface area contributed by atoms with E-state index in [0.29, 0.717) is 13.2 Å². The van der Waals surface area contributed by atoms with E-state index in [1.54, 1.807) is 6.20 Å². The van der Waals surface area contributed by atoms with Crippen LogP contribution in [0.3, 0.4) is 0 Å². The van der Waals surface area contributed by atoms with E-state index < -0.39 is 6.09 Å². The van der Waals surface area contributed by atoms with Crippen molar-refractivity contribution in [3.63, 3.8) is 0 Å². The molecule has 0 aliphatic rings. The standard InChI is InChI=1S/C17H21N3O2/c1-2-3-10-22-17(21)20-12-13-4-9-16(19-11-13)14-5-7-15(18)8-6-14/h4-9,11H,2-3,10,12,18H2,1H3,(H,20,21). The first-order valence-electron chi connectivity index (χ1n) is 7.40. The van der Waals surface area contributed by atoms with Gasteiger partial charge in [-0.05, 0) is 30.2 Å². The molecule has 0 unspecified atom stereocenters. The molecule has 0 radical (unpaired) electrons. The number of nitrogens with zero attached hydrogens (tertiary/aromatic N) is 1. The van der Waals surface area contributed by atoms with Gasteiger partial charge in [0.05, 0.1) is 12.3 Å². The maximum Gasteiger partial charge on any atom is 0.407 e. The van der Waals surface area contributed by atoms with Crippen LogP contribution in [0.15, 0.2) is 42.6 Å². The highest BCUT2D eigenvalue weighted by Crippen LogP contribution is 2.18. The average Bonchev–Trinajstić information content (AvgIpc) is 2.54. The topological polar surface area (TPSA) is 77.2 Å². The van der Waals surface area contributed by atoms with E-state index in [2.05, 4.69) is 17.2 Å². The van der Waals surface area contributed by atoms with Gasteiger partial charge in [0.15, 0.2) is 0 Å². The lowest BCUT2D eigenvalue weighted by Crippen LogP contribution is -2.24. The first-order chi connectivity index (χ1) is 10.7. The number of hydrogen-bond acceptors (Lipinski definition) is 4. The summed E-state index contributed by atoms with van der Waals surface area (Å²) in [5.74, 6) is 0. The van der Waals surface area contributed by atoms with E-state index in [1.807, 2.05) is 36.4 Å². The third-order valence-electron chi connectivity index (χ3n) is 3.20. The number of alkyl carbamates (subject to hydrolysis) is 1. The van der Waals surface area contributed by atoms with Crippen molar-refractivity contribution in [2.75, 3.05) is 12.3 Å². The van der Waals surface area contributed by atoms with Gasteiger partial charge in [-0.3, -0.25) is 4.98 Å². The van der Waals surface area contributed by atoms with Gasteiger partial charge in [-0.15, -0.1) is 0 Å². The molecule has 0 saturated carbocycles. The van der Waals surface area contributed by atoms with E-state index in [-0.39, 0.29) is 0 Å². The van der Waals surface area contributed by atoms with E-state index in [4.69, 9.17) is 10.5 Å². The van der Waals surface area contributed by atoms with Crippen LogP contribution in [0.25, 0.3) is 11.3 Å². The summed E-state index contributed by atoms with van der Waals surface area (Å²) in [4.78, 5) is 15.8. The highest BCUT2D eigenvalue weighted by molar-refractivity contribution is 5.67. The van der Waals surface area contributed by atoms with Crippen LogP contribution < -0.4 is 11.1 Å². The Morgan fingerprint density at radius 2 is 2.00 bits per heavy atom. The number of ether oxygens (including phenoxy) is 1. The van der Waals surface area contributed by atoms with Crippen molar-refractivity contribution in [1.29, 1.82) is 0 Å². The number of nitrogen functional groups attached to an aromatic ring is 1. The van der Waals surface area contributed by atoms with Crippen molar-refractivity contribution >= 4 is 11.8 Å². The Labute approximate surface area is 130 Å². The number of hydrogen-bond donors (Lipinski definition) is 2. The molecule has 1 aromatic carbocycles. The van der Waals surface area contributed by atoms with Gasteiger partial charge >= 0.3 is 6.09 Å². The highest BCUT2D eigenvalue weighted by Gasteiger charge is 2.03. The predicted octanol–water partition coefficient (Wildman–Crippen LogP) is 3.36. The quantitative estimate of drug-likeness (QED) is 0.633. The van der Waals surface area contributed by atoms with Gasteiger partial charge in [-0.2, -0.15) is 0 Å². The van der Waals surface area contributed by atoms with Gasteiger partial charge in [0.1, 0.15) is 0 Å². The van der Waals surface area contributed by atoms with Crippen molar-refractivity contribution in [3.8, 4) is 11.3 Å². The number of rotatable bonds is 6. The summed E-state index contributed by atoms with van der Waals surface area (Å²) in [5.41, 5.74) is 9.20. The Morgan fingerprint density at radius 3 is 2.64 bits per heavy atom. The fourth-order valence-corrected chi connectivity index (χ4v) is 1.89. The minimum atomic E-state index is -0.393. The lowest BCUT2D eigenvalue weighted by Gasteiger charge is -2.07. The third-order valence-corrected chi connectivity index (χ3v) is 3.20. The minimum Gasteiger partial charge on any atom is -0.450 e. The predicted molar refractivity (Wildman–Crippen MR) is 87.2 cm³/mol. The summed E-state index contributed by atoms with van der Waals surface area (Å²) < 4.78 is 5.03. The molecule has 116 valence electrons. The Morgan fingerprint density at radius 1 is 1.23 bits per heavy atom. The molecule has 5 heteroatoms. The Hall–Kier alpha value is -2.56. The number of carbonyl (C=O) groups is 1. The lowest BCUT2D eigenvalue weighted by molar-refractivity contribution is 0.144. The SMILES string of the molecule is CCCCOC(=O)NCc1ccc(-c2ccc(N)cc2)nc1. The molecular weight excluding hydrogens is 278 g/mol. The lowest BCUT2D eigenvalue weighted by atomic mass is 10.1. The molecule has 0 spiro atoms. The van der Waals surface area contributed by atoms with E-state index in [1.165, 1.54) is 0 Å². The molecule has 0 aliphatic carbocycles. The molecule has 0 atom stereocenters. The first kappa shape index (κ1) is 15.8. The van der Waals surface area contributed by atoms with Gasteiger partial charge in [-0.25, -0.2) is 4.79 Å². The van der Waals surface area contributed by atoms with E-state index >= 15 is 0 Å². The van der Waals surface area contributed by atoms with Crippen molar-refractivity contribution in [2.24, 2.45) is 0 Å². The Bertz CT molecular complexity index is 594. The smallest absolute Gasteiger partial charge is 0.407 e. The van der Waals surface area contributed by atoms with Crippen molar-refractivity contribution < 1.29 is 9.53 Å². The number of aromatic nitrogens is 1. The van der Waals surface area contributed by atoms with Gasteiger partial charge in [-0.1, -0.05) is 31.5 Å². The molecule has 0 bridgehead atoms. The zero-order valence-electron chi connectivity index (χ0n) is 12.7. The molecule has 1 heterocycles. The van der Waals surface area contributed by atoms with Crippen LogP contribution in [-0.4, -0.2) is 17.7 Å². The van der Waals surface area contributed by atoms with Crippen molar-refractivity contribution in [1.82, 2.24) is 10.3 Å². The summed E-state index contributed by atoms with van der Waals surface area (Å²) in [6.07, 6.45) is 3.24. The molecule has 3 N–H and O–H groups in total. The molecular formula is C17H21N3O2. The van der Waals surface area contributed by atoms with Crippen LogP contribution >= 0.6 is 0 Å². The number of amides is 1. The van der Waals surface area contributed by atoms with E-state index in [0.717, 1.165) is 35.3 Å². The van der Waals surface area contributed by atoms with Crippen LogP contribution in [-0.2, 0) is 11.3 Å². The number of anilines is 1. The van der Waals surface area contributed by atoms with Crippen LogP contribution in [0.2, 0.25) is 0 Å². The highest BCUT2D eigenvalue weighted by atomic mass is 16.5. The zero-order chi connectivity index (χ0) is 15.8. The number of nitrogens with one attached hydrogen (secondary N) is 1. The van der Waals surface area contributed by atoms with Gasteiger partial charge in [0, 0.05) is 24.0 Å². The van der Waals surface area contributed by atoms with E-state index in [9.17, 15) is 4.79 Å². The number of nitrogens with two attached hydrogens (primary N) is 1. The summed E-state index contributed by atoms with van der Waals surface area (Å²) >= 11 is 0. The zero-order valence-corrected chi connectivity index (χ0v) is 12.7. The normalized spacial score (nSPS) is 10.2. The summed E-state index contributed by atoms with van der Waals surface area (Å²) in [7, 11) is 0. The fraction of sp³-hybridized carbons (Fsp3) is 0.294. The maximum absolute atomic E-state index is 11.4. The molecule has 5 nitrogen and oxygen atoms in total. The van der Waals surface area contributed by atoms with Gasteiger partial charge in [0.25, 0.3) is 0 Å². The van der Waals surface area contributed by atoms with Crippen LogP contribution in [0.5, 0.6) is 0 Å². The average molecular weight is 299 g/mol. The molecule has 0 aliphatic heterocycles.